The van der Waals surface area contributed by atoms with Crippen molar-refractivity contribution >= 4 is 11.3 Å². The van der Waals surface area contributed by atoms with E-state index in [0.29, 0.717) is 13.2 Å². The number of aromatic nitrogens is 1. The fourth-order valence-corrected chi connectivity index (χ4v) is 3.54. The van der Waals surface area contributed by atoms with Crippen molar-refractivity contribution < 1.29 is 38.0 Å². The molecular weight excluding hydrogens is 361 g/mol. The van der Waals surface area contributed by atoms with Crippen LogP contribution in [0.1, 0.15) is 42.3 Å². The highest BCUT2D eigenvalue weighted by Crippen LogP contribution is 2.36. The third kappa shape index (κ3) is 3.05. The van der Waals surface area contributed by atoms with E-state index in [0.717, 1.165) is 6.54 Å². The SMILES string of the molecule is CCCC[n+]1c(C)sc(C2(C)OCCO2)c1C.[I-]. The first-order valence-electron chi connectivity index (χ1n) is 6.36. The Morgan fingerprint density at radius 1 is 1.28 bits per heavy atom. The zero-order valence-electron chi connectivity index (χ0n) is 11.6. The molecule has 1 aromatic heterocycles. The molecule has 0 bridgehead atoms. The first kappa shape index (κ1) is 16.3. The number of hydrogen-bond acceptors (Lipinski definition) is 3. The number of nitrogens with zero attached hydrogens (tertiary/aromatic N) is 1. The van der Waals surface area contributed by atoms with Gasteiger partial charge in [-0.1, -0.05) is 24.7 Å². The number of ether oxygens (including phenoxy) is 2. The molecule has 0 aromatic carbocycles. The molecule has 1 aromatic rings. The van der Waals surface area contributed by atoms with E-state index in [9.17, 15) is 0 Å². The zero-order chi connectivity index (χ0) is 12.5. The van der Waals surface area contributed by atoms with Gasteiger partial charge in [-0.05, 0) is 6.92 Å². The normalized spacial score (nSPS) is 17.8. The number of rotatable bonds is 4. The molecule has 1 saturated heterocycles. The van der Waals surface area contributed by atoms with Gasteiger partial charge in [0.05, 0.1) is 13.2 Å². The lowest BCUT2D eigenvalue weighted by Gasteiger charge is -2.19. The topological polar surface area (TPSA) is 22.3 Å². The standard InChI is InChI=1S/C13H22NO2S.HI/c1-5-6-7-14-10(2)12(17-11(14)3)13(4)15-8-9-16-13;/h5-9H2,1-4H3;1H/q+1;/p-1. The van der Waals surface area contributed by atoms with Gasteiger partial charge in [0.1, 0.15) is 11.4 Å². The molecule has 0 saturated carbocycles. The van der Waals surface area contributed by atoms with Crippen molar-refractivity contribution in [2.45, 2.75) is 52.9 Å². The minimum atomic E-state index is -0.517. The van der Waals surface area contributed by atoms with E-state index < -0.39 is 5.79 Å². The van der Waals surface area contributed by atoms with Crippen LogP contribution in [0.2, 0.25) is 0 Å². The Morgan fingerprint density at radius 3 is 2.44 bits per heavy atom. The Bertz CT molecular complexity index is 400. The Kier molecular flexibility index (Phi) is 6.02. The van der Waals surface area contributed by atoms with E-state index in [1.54, 1.807) is 11.3 Å². The van der Waals surface area contributed by atoms with Gasteiger partial charge in [0.15, 0.2) is 5.69 Å². The summed E-state index contributed by atoms with van der Waals surface area (Å²) >= 11 is 1.80. The van der Waals surface area contributed by atoms with Crippen LogP contribution in [-0.2, 0) is 21.8 Å². The molecule has 0 atom stereocenters. The van der Waals surface area contributed by atoms with Crippen LogP contribution in [0.15, 0.2) is 0 Å². The van der Waals surface area contributed by atoms with E-state index in [-0.39, 0.29) is 24.0 Å². The Morgan fingerprint density at radius 2 is 1.89 bits per heavy atom. The van der Waals surface area contributed by atoms with Crippen molar-refractivity contribution in [1.82, 2.24) is 0 Å². The molecule has 2 heterocycles. The molecule has 104 valence electrons. The Balaban J connectivity index is 0.00000162. The highest BCUT2D eigenvalue weighted by molar-refractivity contribution is 7.11. The number of thiazole rings is 1. The van der Waals surface area contributed by atoms with E-state index in [2.05, 4.69) is 25.3 Å². The van der Waals surface area contributed by atoms with E-state index >= 15 is 0 Å². The predicted octanol–water partition coefficient (Wildman–Crippen LogP) is -0.324. The van der Waals surface area contributed by atoms with Crippen LogP contribution in [0, 0.1) is 13.8 Å². The molecule has 5 heteroatoms. The fraction of sp³-hybridized carbons (Fsp3) is 0.769. The summed E-state index contributed by atoms with van der Waals surface area (Å²) in [6.07, 6.45) is 2.45. The van der Waals surface area contributed by atoms with Gasteiger partial charge in [-0.2, -0.15) is 4.57 Å². The van der Waals surface area contributed by atoms with Gasteiger partial charge in [0.2, 0.25) is 10.8 Å². The summed E-state index contributed by atoms with van der Waals surface area (Å²) in [5.41, 5.74) is 1.30. The maximum absolute atomic E-state index is 5.75. The number of unbranched alkanes of at least 4 members (excludes halogenated alkanes) is 1. The molecule has 1 fully saturated rings. The molecule has 1 aliphatic heterocycles. The Labute approximate surface area is 131 Å². The van der Waals surface area contributed by atoms with Gasteiger partial charge in [-0.25, -0.2) is 0 Å². The molecule has 0 unspecified atom stereocenters. The second kappa shape index (κ2) is 6.63. The van der Waals surface area contributed by atoms with Crippen LogP contribution in [0.4, 0.5) is 0 Å². The molecule has 1 aliphatic rings. The highest BCUT2D eigenvalue weighted by atomic mass is 127. The van der Waals surface area contributed by atoms with Crippen LogP contribution < -0.4 is 28.5 Å². The third-order valence-electron chi connectivity index (χ3n) is 3.35. The van der Waals surface area contributed by atoms with E-state index in [4.69, 9.17) is 9.47 Å². The average Bonchev–Trinajstić information content (AvgIpc) is 2.84. The smallest absolute Gasteiger partial charge is 0.234 e. The van der Waals surface area contributed by atoms with Crippen molar-refractivity contribution in [1.29, 1.82) is 0 Å². The summed E-state index contributed by atoms with van der Waals surface area (Å²) in [6.45, 7) is 11.1. The van der Waals surface area contributed by atoms with Crippen LogP contribution in [0.25, 0.3) is 0 Å². The summed E-state index contributed by atoms with van der Waals surface area (Å²) in [4.78, 5) is 1.23. The monoisotopic (exact) mass is 383 g/mol. The van der Waals surface area contributed by atoms with Gasteiger partial charge in [-0.3, -0.25) is 0 Å². The first-order valence-corrected chi connectivity index (χ1v) is 7.18. The summed E-state index contributed by atoms with van der Waals surface area (Å²) in [6, 6.07) is 0. The zero-order valence-corrected chi connectivity index (χ0v) is 14.6. The van der Waals surface area contributed by atoms with Gasteiger partial charge in [0, 0.05) is 20.3 Å². The van der Waals surface area contributed by atoms with Crippen LogP contribution in [-0.4, -0.2) is 13.2 Å². The minimum Gasteiger partial charge on any atom is -1.00 e. The van der Waals surface area contributed by atoms with Gasteiger partial charge < -0.3 is 33.5 Å². The number of aryl methyl sites for hydroxylation is 1. The second-order valence-electron chi connectivity index (χ2n) is 4.68. The van der Waals surface area contributed by atoms with Crippen LogP contribution >= 0.6 is 11.3 Å². The molecule has 0 radical (unpaired) electrons. The average molecular weight is 383 g/mol. The second-order valence-corrected chi connectivity index (χ2v) is 5.89. The van der Waals surface area contributed by atoms with Gasteiger partial charge in [-0.15, -0.1) is 0 Å². The molecule has 0 N–H and O–H groups in total. The Hall–Kier alpha value is 0.280. The van der Waals surface area contributed by atoms with Crippen molar-refractivity contribution in [2.75, 3.05) is 13.2 Å². The molecule has 18 heavy (non-hydrogen) atoms. The third-order valence-corrected chi connectivity index (χ3v) is 4.74. The minimum absolute atomic E-state index is 0. The van der Waals surface area contributed by atoms with Gasteiger partial charge >= 0.3 is 0 Å². The van der Waals surface area contributed by atoms with E-state index in [1.165, 1.54) is 28.4 Å². The van der Waals surface area contributed by atoms with Crippen LogP contribution in [0.3, 0.4) is 0 Å². The quantitative estimate of drug-likeness (QED) is 0.525. The summed E-state index contributed by atoms with van der Waals surface area (Å²) in [5.74, 6) is -0.517. The van der Waals surface area contributed by atoms with Crippen molar-refractivity contribution in [2.24, 2.45) is 0 Å². The van der Waals surface area contributed by atoms with Crippen LogP contribution in [0.5, 0.6) is 0 Å². The van der Waals surface area contributed by atoms with Crippen molar-refractivity contribution in [3.05, 3.63) is 15.6 Å². The molecule has 2 rings (SSSR count). The lowest BCUT2D eigenvalue weighted by Crippen LogP contribution is -3.00. The van der Waals surface area contributed by atoms with Crippen molar-refractivity contribution in [3.63, 3.8) is 0 Å². The number of hydrogen-bond donors (Lipinski definition) is 0. The largest absolute Gasteiger partial charge is 1.00 e. The molecular formula is C13H22INO2S. The van der Waals surface area contributed by atoms with Gasteiger partial charge in [0.25, 0.3) is 0 Å². The maximum atomic E-state index is 5.75. The molecule has 0 aliphatic carbocycles. The first-order chi connectivity index (χ1) is 8.08. The summed E-state index contributed by atoms with van der Waals surface area (Å²) in [7, 11) is 0. The highest BCUT2D eigenvalue weighted by Gasteiger charge is 2.40. The molecule has 0 spiro atoms. The fourth-order valence-electron chi connectivity index (χ4n) is 2.34. The van der Waals surface area contributed by atoms with E-state index in [1.807, 2.05) is 6.92 Å². The summed E-state index contributed by atoms with van der Waals surface area (Å²) in [5, 5.41) is 1.34. The number of halogens is 1. The summed E-state index contributed by atoms with van der Waals surface area (Å²) < 4.78 is 13.9. The lowest BCUT2D eigenvalue weighted by molar-refractivity contribution is -0.704. The molecule has 0 amide bonds. The maximum Gasteiger partial charge on any atom is 0.234 e. The van der Waals surface area contributed by atoms with Crippen molar-refractivity contribution in [3.8, 4) is 0 Å². The lowest BCUT2D eigenvalue weighted by atomic mass is 10.2. The molecule has 3 nitrogen and oxygen atoms in total. The predicted molar refractivity (Wildman–Crippen MR) is 68.2 cm³/mol.